The van der Waals surface area contributed by atoms with Crippen LogP contribution in [0.1, 0.15) is 50.7 Å². The summed E-state index contributed by atoms with van der Waals surface area (Å²) in [5.74, 6) is -0.680. The molecule has 2 N–H and O–H groups in total. The molecule has 0 unspecified atom stereocenters. The van der Waals surface area contributed by atoms with Gasteiger partial charge in [-0.15, -0.1) is 0 Å². The SMILES string of the molecule is CC(C)c1cccc(C(C)C)c1NC(=O)C(=O)NCCN(C)C. The van der Waals surface area contributed by atoms with Gasteiger partial charge in [0.2, 0.25) is 0 Å². The summed E-state index contributed by atoms with van der Waals surface area (Å²) in [5, 5.41) is 5.45. The molecule has 0 radical (unpaired) electrons. The number of nitrogens with zero attached hydrogens (tertiary/aromatic N) is 1. The van der Waals surface area contributed by atoms with Gasteiger partial charge in [-0.3, -0.25) is 9.59 Å². The molecule has 0 fully saturated rings. The molecule has 1 aromatic carbocycles. The van der Waals surface area contributed by atoms with E-state index in [1.165, 1.54) is 0 Å². The zero-order valence-corrected chi connectivity index (χ0v) is 15.1. The Bertz CT molecular complexity index is 525. The van der Waals surface area contributed by atoms with Crippen molar-refractivity contribution in [2.24, 2.45) is 0 Å². The Morgan fingerprint density at radius 1 is 1.00 bits per heavy atom. The lowest BCUT2D eigenvalue weighted by atomic mass is 9.92. The van der Waals surface area contributed by atoms with Crippen molar-refractivity contribution in [2.45, 2.75) is 39.5 Å². The fraction of sp³-hybridized carbons (Fsp3) is 0.556. The second-order valence-electron chi connectivity index (χ2n) is 6.63. The highest BCUT2D eigenvalue weighted by atomic mass is 16.2. The summed E-state index contributed by atoms with van der Waals surface area (Å²) in [5.41, 5.74) is 2.86. The summed E-state index contributed by atoms with van der Waals surface area (Å²) in [6, 6.07) is 5.99. The average molecular weight is 319 g/mol. The van der Waals surface area contributed by atoms with Gasteiger partial charge in [0, 0.05) is 18.8 Å². The van der Waals surface area contributed by atoms with Gasteiger partial charge in [0.25, 0.3) is 0 Å². The molecule has 5 nitrogen and oxygen atoms in total. The average Bonchev–Trinajstić information content (AvgIpc) is 2.46. The van der Waals surface area contributed by atoms with E-state index in [-0.39, 0.29) is 11.8 Å². The van der Waals surface area contributed by atoms with Gasteiger partial charge in [0.05, 0.1) is 0 Å². The van der Waals surface area contributed by atoms with E-state index >= 15 is 0 Å². The molecule has 0 saturated carbocycles. The van der Waals surface area contributed by atoms with Crippen molar-refractivity contribution < 1.29 is 9.59 Å². The third-order valence-electron chi connectivity index (χ3n) is 3.66. The lowest BCUT2D eigenvalue weighted by Gasteiger charge is -2.20. The molecule has 1 rings (SSSR count). The number of hydrogen-bond donors (Lipinski definition) is 2. The third-order valence-corrected chi connectivity index (χ3v) is 3.66. The Kier molecular flexibility index (Phi) is 7.23. The number of hydrogen-bond acceptors (Lipinski definition) is 3. The highest BCUT2D eigenvalue weighted by Crippen LogP contribution is 2.32. The zero-order valence-electron chi connectivity index (χ0n) is 15.1. The van der Waals surface area contributed by atoms with Gasteiger partial charge in [0.15, 0.2) is 0 Å². The summed E-state index contributed by atoms with van der Waals surface area (Å²) in [7, 11) is 3.83. The van der Waals surface area contributed by atoms with Gasteiger partial charge < -0.3 is 15.5 Å². The minimum Gasteiger partial charge on any atom is -0.347 e. The molecule has 0 aliphatic heterocycles. The fourth-order valence-corrected chi connectivity index (χ4v) is 2.34. The quantitative estimate of drug-likeness (QED) is 0.792. The van der Waals surface area contributed by atoms with Gasteiger partial charge in [-0.1, -0.05) is 45.9 Å². The Morgan fingerprint density at radius 3 is 1.96 bits per heavy atom. The van der Waals surface area contributed by atoms with Crippen LogP contribution < -0.4 is 10.6 Å². The number of rotatable bonds is 6. The molecule has 0 aliphatic carbocycles. The van der Waals surface area contributed by atoms with E-state index in [1.807, 2.05) is 37.2 Å². The van der Waals surface area contributed by atoms with E-state index in [4.69, 9.17) is 0 Å². The maximum atomic E-state index is 12.2. The highest BCUT2D eigenvalue weighted by molar-refractivity contribution is 6.39. The van der Waals surface area contributed by atoms with Crippen LogP contribution in [0.15, 0.2) is 18.2 Å². The molecule has 128 valence electrons. The number of benzene rings is 1. The van der Waals surface area contributed by atoms with Crippen LogP contribution >= 0.6 is 0 Å². The molecule has 0 saturated heterocycles. The molecule has 0 spiro atoms. The van der Waals surface area contributed by atoms with Crippen LogP contribution in [0.2, 0.25) is 0 Å². The summed E-state index contributed by atoms with van der Waals surface area (Å²) < 4.78 is 0. The van der Waals surface area contributed by atoms with Crippen molar-refractivity contribution in [1.82, 2.24) is 10.2 Å². The van der Waals surface area contributed by atoms with Crippen LogP contribution in [0, 0.1) is 0 Å². The van der Waals surface area contributed by atoms with Gasteiger partial charge in [-0.05, 0) is 37.1 Å². The van der Waals surface area contributed by atoms with E-state index in [1.54, 1.807) is 0 Å². The van der Waals surface area contributed by atoms with E-state index in [9.17, 15) is 9.59 Å². The number of amides is 2. The van der Waals surface area contributed by atoms with Crippen LogP contribution in [0.5, 0.6) is 0 Å². The first-order valence-electron chi connectivity index (χ1n) is 8.10. The molecule has 0 heterocycles. The maximum absolute atomic E-state index is 12.2. The number of likely N-dealkylation sites (N-methyl/N-ethyl adjacent to an activating group) is 1. The summed E-state index contributed by atoms with van der Waals surface area (Å²) in [6.07, 6.45) is 0. The first kappa shape index (κ1) is 19.2. The topological polar surface area (TPSA) is 61.4 Å². The van der Waals surface area contributed by atoms with E-state index in [0.717, 1.165) is 16.8 Å². The molecule has 0 aliphatic rings. The largest absolute Gasteiger partial charge is 0.347 e. The van der Waals surface area contributed by atoms with Gasteiger partial charge in [0.1, 0.15) is 0 Å². The Balaban J connectivity index is 2.90. The van der Waals surface area contributed by atoms with Crippen LogP contribution in [-0.4, -0.2) is 43.9 Å². The van der Waals surface area contributed by atoms with Crippen molar-refractivity contribution in [3.05, 3.63) is 29.3 Å². The molecular formula is C18H29N3O2. The molecule has 0 aromatic heterocycles. The zero-order chi connectivity index (χ0) is 17.6. The fourth-order valence-electron chi connectivity index (χ4n) is 2.34. The van der Waals surface area contributed by atoms with Gasteiger partial charge >= 0.3 is 11.8 Å². The normalized spacial score (nSPS) is 11.2. The lowest BCUT2D eigenvalue weighted by molar-refractivity contribution is -0.136. The molecule has 0 atom stereocenters. The Labute approximate surface area is 139 Å². The van der Waals surface area contributed by atoms with Crippen molar-refractivity contribution in [2.75, 3.05) is 32.5 Å². The van der Waals surface area contributed by atoms with Crippen molar-refractivity contribution in [3.8, 4) is 0 Å². The number of carbonyl (C=O) groups is 2. The Morgan fingerprint density at radius 2 is 1.52 bits per heavy atom. The number of para-hydroxylation sites is 1. The van der Waals surface area contributed by atoms with Crippen LogP contribution in [0.4, 0.5) is 5.69 Å². The minimum absolute atomic E-state index is 0.265. The monoisotopic (exact) mass is 319 g/mol. The second kappa shape index (κ2) is 8.67. The summed E-state index contributed by atoms with van der Waals surface area (Å²) >= 11 is 0. The van der Waals surface area contributed by atoms with Crippen LogP contribution in [0.25, 0.3) is 0 Å². The predicted octanol–water partition coefficient (Wildman–Crippen LogP) is 2.55. The summed E-state index contributed by atoms with van der Waals surface area (Å²) in [4.78, 5) is 26.1. The highest BCUT2D eigenvalue weighted by Gasteiger charge is 2.19. The predicted molar refractivity (Wildman–Crippen MR) is 94.8 cm³/mol. The van der Waals surface area contributed by atoms with Crippen molar-refractivity contribution in [1.29, 1.82) is 0 Å². The first-order chi connectivity index (χ1) is 10.7. The molecule has 0 bridgehead atoms. The number of carbonyl (C=O) groups excluding carboxylic acids is 2. The van der Waals surface area contributed by atoms with Gasteiger partial charge in [-0.2, -0.15) is 0 Å². The van der Waals surface area contributed by atoms with E-state index in [0.29, 0.717) is 13.1 Å². The lowest BCUT2D eigenvalue weighted by Crippen LogP contribution is -2.39. The summed E-state index contributed by atoms with van der Waals surface area (Å²) in [6.45, 7) is 9.44. The van der Waals surface area contributed by atoms with Crippen molar-refractivity contribution >= 4 is 17.5 Å². The van der Waals surface area contributed by atoms with E-state index in [2.05, 4.69) is 38.3 Å². The van der Waals surface area contributed by atoms with Crippen LogP contribution in [-0.2, 0) is 9.59 Å². The maximum Gasteiger partial charge on any atom is 0.313 e. The van der Waals surface area contributed by atoms with Gasteiger partial charge in [-0.25, -0.2) is 0 Å². The minimum atomic E-state index is -0.612. The molecular weight excluding hydrogens is 290 g/mol. The van der Waals surface area contributed by atoms with E-state index < -0.39 is 11.8 Å². The van der Waals surface area contributed by atoms with Crippen molar-refractivity contribution in [3.63, 3.8) is 0 Å². The third kappa shape index (κ3) is 5.67. The molecule has 2 amide bonds. The van der Waals surface area contributed by atoms with Crippen LogP contribution in [0.3, 0.4) is 0 Å². The Hall–Kier alpha value is -1.88. The molecule has 23 heavy (non-hydrogen) atoms. The molecule has 5 heteroatoms. The standard InChI is InChI=1S/C18H29N3O2/c1-12(2)14-8-7-9-15(13(3)4)16(14)20-18(23)17(22)19-10-11-21(5)6/h7-9,12-13H,10-11H2,1-6H3,(H,19,22)(H,20,23). The number of nitrogens with one attached hydrogen (secondary N) is 2. The second-order valence-corrected chi connectivity index (χ2v) is 6.63. The molecule has 1 aromatic rings. The first-order valence-corrected chi connectivity index (χ1v) is 8.10. The number of anilines is 1. The smallest absolute Gasteiger partial charge is 0.313 e.